The van der Waals surface area contributed by atoms with Crippen LogP contribution in [0, 0.1) is 6.92 Å². The number of hydrogen-bond acceptors (Lipinski definition) is 5. The summed E-state index contributed by atoms with van der Waals surface area (Å²) in [6.45, 7) is 1.98. The normalized spacial score (nSPS) is 10.9. The van der Waals surface area contributed by atoms with Gasteiger partial charge in [0.15, 0.2) is 0 Å². The second-order valence-electron chi connectivity index (χ2n) is 8.84. The zero-order valence-corrected chi connectivity index (χ0v) is 23.0. The number of nitrogens with one attached hydrogen (secondary N) is 3. The predicted octanol–water partition coefficient (Wildman–Crippen LogP) is 6.14. The van der Waals surface area contributed by atoms with Crippen molar-refractivity contribution in [3.8, 4) is 5.75 Å². The number of hydrogen-bond donors (Lipinski definition) is 3. The van der Waals surface area contributed by atoms with Crippen molar-refractivity contribution in [3.63, 3.8) is 0 Å². The molecule has 0 fully saturated rings. The molecule has 202 valence electrons. The quantitative estimate of drug-likeness (QED) is 0.162. The van der Waals surface area contributed by atoms with Crippen molar-refractivity contribution in [3.05, 3.63) is 126 Å². The van der Waals surface area contributed by atoms with Crippen molar-refractivity contribution in [2.75, 3.05) is 23.5 Å². The number of benzene rings is 4. The lowest BCUT2D eigenvalue weighted by molar-refractivity contribution is -0.114. The van der Waals surface area contributed by atoms with E-state index in [1.165, 1.54) is 11.8 Å². The molecule has 0 spiro atoms. The number of ether oxygens (including phenoxy) is 1. The molecule has 0 saturated carbocycles. The van der Waals surface area contributed by atoms with Crippen LogP contribution >= 0.6 is 11.8 Å². The van der Waals surface area contributed by atoms with E-state index in [0.717, 1.165) is 16.0 Å². The number of methoxy groups -OCH3 is 1. The average molecular weight is 552 g/mol. The van der Waals surface area contributed by atoms with E-state index in [1.54, 1.807) is 79.9 Å². The fraction of sp³-hybridized carbons (Fsp3) is 0.0938. The molecule has 0 aliphatic carbocycles. The SMILES string of the molecule is COc1ccc(NC(=O)CSc2cccc(NC(=O)/C(=C/c3ccc(C)cc3)NC(=O)c3ccccc3)c2)cc1. The molecule has 0 saturated heterocycles. The van der Waals surface area contributed by atoms with Crippen LogP contribution < -0.4 is 20.7 Å². The fourth-order valence-electron chi connectivity index (χ4n) is 3.65. The van der Waals surface area contributed by atoms with Gasteiger partial charge in [0, 0.05) is 21.8 Å². The highest BCUT2D eigenvalue weighted by Gasteiger charge is 2.15. The van der Waals surface area contributed by atoms with E-state index in [4.69, 9.17) is 4.74 Å². The molecule has 0 aliphatic heterocycles. The van der Waals surface area contributed by atoms with Crippen molar-refractivity contribution in [1.82, 2.24) is 5.32 Å². The summed E-state index contributed by atoms with van der Waals surface area (Å²) in [6, 6.07) is 30.6. The molecule has 3 amide bonds. The first-order chi connectivity index (χ1) is 19.4. The third-order valence-electron chi connectivity index (χ3n) is 5.75. The van der Waals surface area contributed by atoms with Gasteiger partial charge in [-0.05, 0) is 73.2 Å². The van der Waals surface area contributed by atoms with Gasteiger partial charge in [-0.2, -0.15) is 0 Å². The van der Waals surface area contributed by atoms with Gasteiger partial charge in [-0.1, -0.05) is 54.1 Å². The number of amides is 3. The van der Waals surface area contributed by atoms with E-state index in [-0.39, 0.29) is 23.3 Å². The Kier molecular flexibility index (Phi) is 9.74. The minimum absolute atomic E-state index is 0.106. The van der Waals surface area contributed by atoms with Crippen molar-refractivity contribution in [1.29, 1.82) is 0 Å². The first kappa shape index (κ1) is 28.2. The standard InChI is InChI=1S/C32H29N3O4S/c1-22-11-13-23(14-12-22)19-29(35-31(37)24-7-4-3-5-8-24)32(38)34-26-9-6-10-28(20-26)40-21-30(36)33-25-15-17-27(39-2)18-16-25/h3-20H,21H2,1-2H3,(H,33,36)(H,34,38)(H,35,37)/b29-19-. The average Bonchev–Trinajstić information content (AvgIpc) is 2.98. The molecule has 3 N–H and O–H groups in total. The number of anilines is 2. The van der Waals surface area contributed by atoms with Gasteiger partial charge in [0.1, 0.15) is 11.4 Å². The van der Waals surface area contributed by atoms with Crippen LogP contribution in [0.5, 0.6) is 5.75 Å². The van der Waals surface area contributed by atoms with Crippen LogP contribution in [-0.2, 0) is 9.59 Å². The molecule has 0 radical (unpaired) electrons. The number of carbonyl (C=O) groups excluding carboxylic acids is 3. The van der Waals surface area contributed by atoms with Gasteiger partial charge in [-0.25, -0.2) is 0 Å². The summed E-state index contributed by atoms with van der Waals surface area (Å²) < 4.78 is 5.13. The molecule has 4 aromatic rings. The van der Waals surface area contributed by atoms with Crippen molar-refractivity contribution < 1.29 is 19.1 Å². The van der Waals surface area contributed by atoms with E-state index >= 15 is 0 Å². The maximum atomic E-state index is 13.3. The first-order valence-corrected chi connectivity index (χ1v) is 13.5. The highest BCUT2D eigenvalue weighted by molar-refractivity contribution is 8.00. The molecule has 7 nitrogen and oxygen atoms in total. The molecule has 0 atom stereocenters. The lowest BCUT2D eigenvalue weighted by atomic mass is 10.1. The summed E-state index contributed by atoms with van der Waals surface area (Å²) >= 11 is 1.34. The van der Waals surface area contributed by atoms with Crippen LogP contribution in [0.25, 0.3) is 6.08 Å². The van der Waals surface area contributed by atoms with Gasteiger partial charge >= 0.3 is 0 Å². The molecule has 0 heterocycles. The summed E-state index contributed by atoms with van der Waals surface area (Å²) in [4.78, 5) is 39.4. The Labute approximate surface area is 237 Å². The third kappa shape index (κ3) is 8.34. The van der Waals surface area contributed by atoms with Crippen LogP contribution in [0.15, 0.2) is 114 Å². The zero-order valence-electron chi connectivity index (χ0n) is 22.1. The number of aryl methyl sites for hydroxylation is 1. The van der Waals surface area contributed by atoms with Crippen molar-refractivity contribution >= 4 is 46.9 Å². The second-order valence-corrected chi connectivity index (χ2v) is 9.88. The van der Waals surface area contributed by atoms with Crippen molar-refractivity contribution in [2.24, 2.45) is 0 Å². The van der Waals surface area contributed by atoms with Gasteiger partial charge < -0.3 is 20.7 Å². The van der Waals surface area contributed by atoms with Gasteiger partial charge in [0.2, 0.25) is 5.91 Å². The largest absolute Gasteiger partial charge is 0.497 e. The van der Waals surface area contributed by atoms with Gasteiger partial charge in [0.25, 0.3) is 11.8 Å². The van der Waals surface area contributed by atoms with Gasteiger partial charge in [0.05, 0.1) is 12.9 Å². The molecule has 0 unspecified atom stereocenters. The summed E-state index contributed by atoms with van der Waals surface area (Å²) in [5.41, 5.74) is 3.62. The molecular formula is C32H29N3O4S. The third-order valence-corrected chi connectivity index (χ3v) is 6.75. The predicted molar refractivity (Wildman–Crippen MR) is 160 cm³/mol. The van der Waals surface area contributed by atoms with Gasteiger partial charge in [-0.15, -0.1) is 11.8 Å². The Morgan fingerprint density at radius 3 is 2.23 bits per heavy atom. The van der Waals surface area contributed by atoms with Gasteiger partial charge in [-0.3, -0.25) is 14.4 Å². The van der Waals surface area contributed by atoms with E-state index < -0.39 is 5.91 Å². The maximum Gasteiger partial charge on any atom is 0.272 e. The summed E-state index contributed by atoms with van der Waals surface area (Å²) in [6.07, 6.45) is 1.64. The van der Waals surface area contributed by atoms with Crippen LogP contribution in [0.3, 0.4) is 0 Å². The van der Waals surface area contributed by atoms with E-state index in [0.29, 0.717) is 22.7 Å². The Balaban J connectivity index is 1.43. The first-order valence-electron chi connectivity index (χ1n) is 12.5. The Hall–Kier alpha value is -4.82. The zero-order chi connectivity index (χ0) is 28.3. The Morgan fingerprint density at radius 1 is 0.800 bits per heavy atom. The lowest BCUT2D eigenvalue weighted by Gasteiger charge is -2.12. The molecule has 4 rings (SSSR count). The summed E-state index contributed by atoms with van der Waals surface area (Å²) in [5, 5.41) is 8.46. The fourth-order valence-corrected chi connectivity index (χ4v) is 4.41. The minimum Gasteiger partial charge on any atom is -0.497 e. The number of thioether (sulfide) groups is 1. The monoisotopic (exact) mass is 551 g/mol. The smallest absolute Gasteiger partial charge is 0.272 e. The van der Waals surface area contributed by atoms with Crippen molar-refractivity contribution in [2.45, 2.75) is 11.8 Å². The summed E-state index contributed by atoms with van der Waals surface area (Å²) in [5.74, 6) is -0.111. The molecule has 4 aromatic carbocycles. The van der Waals surface area contributed by atoms with Crippen LogP contribution in [-0.4, -0.2) is 30.6 Å². The highest BCUT2D eigenvalue weighted by atomic mass is 32.2. The van der Waals surface area contributed by atoms with E-state index in [1.807, 2.05) is 43.3 Å². The molecule has 40 heavy (non-hydrogen) atoms. The molecular weight excluding hydrogens is 522 g/mol. The summed E-state index contributed by atoms with van der Waals surface area (Å²) in [7, 11) is 1.59. The Bertz CT molecular complexity index is 1500. The lowest BCUT2D eigenvalue weighted by Crippen LogP contribution is -2.30. The van der Waals surface area contributed by atoms with Crippen LogP contribution in [0.1, 0.15) is 21.5 Å². The van der Waals surface area contributed by atoms with E-state index in [9.17, 15) is 14.4 Å². The van der Waals surface area contributed by atoms with E-state index in [2.05, 4.69) is 16.0 Å². The maximum absolute atomic E-state index is 13.3. The second kappa shape index (κ2) is 13.8. The van der Waals surface area contributed by atoms with Crippen LogP contribution in [0.2, 0.25) is 0 Å². The minimum atomic E-state index is -0.468. The molecule has 0 bridgehead atoms. The molecule has 8 heteroatoms. The highest BCUT2D eigenvalue weighted by Crippen LogP contribution is 2.23. The number of carbonyl (C=O) groups is 3. The van der Waals surface area contributed by atoms with Crippen LogP contribution in [0.4, 0.5) is 11.4 Å². The molecule has 0 aliphatic rings. The number of rotatable bonds is 10. The Morgan fingerprint density at radius 2 is 1.52 bits per heavy atom. The topological polar surface area (TPSA) is 96.5 Å². The molecule has 0 aromatic heterocycles.